The zero-order valence-corrected chi connectivity index (χ0v) is 8.25. The Kier molecular flexibility index (Phi) is 4.58. The summed E-state index contributed by atoms with van der Waals surface area (Å²) in [7, 11) is 4.74. The van der Waals surface area contributed by atoms with Gasteiger partial charge in [-0.15, -0.1) is 0 Å². The molecule has 0 aromatic rings. The van der Waals surface area contributed by atoms with E-state index < -0.39 is 5.97 Å². The van der Waals surface area contributed by atoms with Crippen molar-refractivity contribution in [2.45, 2.75) is 6.92 Å². The molecule has 13 heavy (non-hydrogen) atoms. The maximum absolute atomic E-state index is 11.1. The van der Waals surface area contributed by atoms with Crippen LogP contribution in [0.4, 0.5) is 0 Å². The lowest BCUT2D eigenvalue weighted by atomic mass is 10.4. The number of methoxy groups -OCH3 is 1. The van der Waals surface area contributed by atoms with E-state index in [1.807, 2.05) is 0 Å². The average molecular weight is 186 g/mol. The van der Waals surface area contributed by atoms with Gasteiger partial charge in [0.2, 0.25) is 5.91 Å². The van der Waals surface area contributed by atoms with Gasteiger partial charge in [0.1, 0.15) is 5.70 Å². The van der Waals surface area contributed by atoms with Gasteiger partial charge in [-0.3, -0.25) is 4.79 Å². The van der Waals surface area contributed by atoms with Crippen LogP contribution in [0, 0.1) is 0 Å². The van der Waals surface area contributed by atoms with Crippen molar-refractivity contribution in [3.05, 3.63) is 11.9 Å². The highest BCUT2D eigenvalue weighted by Crippen LogP contribution is 1.94. The van der Waals surface area contributed by atoms with E-state index in [1.165, 1.54) is 20.2 Å². The second-order valence-corrected chi connectivity index (χ2v) is 2.68. The molecule has 0 rings (SSSR count). The third-order valence-electron chi connectivity index (χ3n) is 1.10. The zero-order chi connectivity index (χ0) is 10.4. The molecule has 0 fully saturated rings. The Labute approximate surface area is 77.4 Å². The van der Waals surface area contributed by atoms with E-state index >= 15 is 0 Å². The fraction of sp³-hybridized carbons (Fsp3) is 0.500. The summed E-state index contributed by atoms with van der Waals surface area (Å²) in [5, 5.41) is 2.37. The fourth-order valence-electron chi connectivity index (χ4n) is 0.694. The highest BCUT2D eigenvalue weighted by atomic mass is 16.5. The summed E-state index contributed by atoms with van der Waals surface area (Å²) in [5.41, 5.74) is 0.125. The van der Waals surface area contributed by atoms with Gasteiger partial charge in [-0.1, -0.05) is 0 Å². The van der Waals surface area contributed by atoms with E-state index in [-0.39, 0.29) is 11.6 Å². The number of nitrogens with zero attached hydrogens (tertiary/aromatic N) is 1. The van der Waals surface area contributed by atoms with Crippen molar-refractivity contribution < 1.29 is 14.3 Å². The number of rotatable bonds is 3. The topological polar surface area (TPSA) is 58.6 Å². The Morgan fingerprint density at radius 3 is 2.23 bits per heavy atom. The molecular formula is C8H14N2O3. The molecule has 0 aromatic carbocycles. The largest absolute Gasteiger partial charge is 0.464 e. The van der Waals surface area contributed by atoms with Gasteiger partial charge in [0, 0.05) is 27.2 Å². The predicted octanol–water partition coefficient (Wildman–Crippen LogP) is -0.302. The normalized spacial score (nSPS) is 10.6. The highest BCUT2D eigenvalue weighted by molar-refractivity contribution is 5.92. The second-order valence-electron chi connectivity index (χ2n) is 2.68. The quantitative estimate of drug-likeness (QED) is 0.485. The first-order valence-corrected chi connectivity index (χ1v) is 3.71. The van der Waals surface area contributed by atoms with Crippen LogP contribution in [0.2, 0.25) is 0 Å². The van der Waals surface area contributed by atoms with E-state index in [0.717, 1.165) is 0 Å². The van der Waals surface area contributed by atoms with Crippen molar-refractivity contribution in [1.29, 1.82) is 0 Å². The molecule has 0 bridgehead atoms. The summed E-state index contributed by atoms with van der Waals surface area (Å²) in [6.45, 7) is 1.33. The summed E-state index contributed by atoms with van der Waals surface area (Å²) in [6.07, 6.45) is 1.48. The third kappa shape index (κ3) is 4.84. The van der Waals surface area contributed by atoms with Crippen LogP contribution in [0.5, 0.6) is 0 Å². The van der Waals surface area contributed by atoms with Crippen molar-refractivity contribution in [2.24, 2.45) is 0 Å². The highest BCUT2D eigenvalue weighted by Gasteiger charge is 2.10. The van der Waals surface area contributed by atoms with Gasteiger partial charge >= 0.3 is 5.97 Å². The van der Waals surface area contributed by atoms with Crippen molar-refractivity contribution in [1.82, 2.24) is 10.2 Å². The molecule has 1 N–H and O–H groups in total. The van der Waals surface area contributed by atoms with E-state index in [0.29, 0.717) is 0 Å². The molecule has 0 radical (unpaired) electrons. The van der Waals surface area contributed by atoms with Crippen LogP contribution >= 0.6 is 0 Å². The Balaban J connectivity index is 4.55. The van der Waals surface area contributed by atoms with Crippen molar-refractivity contribution in [3.8, 4) is 0 Å². The smallest absolute Gasteiger partial charge is 0.356 e. The SMILES string of the molecule is COC(=O)/C(=C\N(C)C)NC(C)=O. The Morgan fingerprint density at radius 2 is 1.92 bits per heavy atom. The second kappa shape index (κ2) is 5.18. The molecule has 1 amide bonds. The standard InChI is InChI=1S/C8H14N2O3/c1-6(11)9-7(5-10(2)3)8(12)13-4/h5H,1-4H3,(H,9,11)/b7-5+. The number of hydrogen-bond donors (Lipinski definition) is 1. The Bertz CT molecular complexity index is 234. The van der Waals surface area contributed by atoms with Gasteiger partial charge in [-0.2, -0.15) is 0 Å². The lowest BCUT2D eigenvalue weighted by Gasteiger charge is -2.10. The third-order valence-corrected chi connectivity index (χ3v) is 1.10. The van der Waals surface area contributed by atoms with Crippen LogP contribution < -0.4 is 5.32 Å². The van der Waals surface area contributed by atoms with Crippen LogP contribution in [0.15, 0.2) is 11.9 Å². The van der Waals surface area contributed by atoms with Crippen LogP contribution in [0.1, 0.15) is 6.92 Å². The molecule has 0 saturated carbocycles. The first kappa shape index (κ1) is 11.5. The van der Waals surface area contributed by atoms with Gasteiger partial charge in [-0.25, -0.2) is 4.79 Å². The van der Waals surface area contributed by atoms with Crippen molar-refractivity contribution >= 4 is 11.9 Å². The number of carbonyl (C=O) groups is 2. The maximum atomic E-state index is 11.1. The van der Waals surface area contributed by atoms with E-state index in [1.54, 1.807) is 19.0 Å². The summed E-state index contributed by atoms with van der Waals surface area (Å²) >= 11 is 0. The van der Waals surface area contributed by atoms with Crippen LogP contribution in [0.3, 0.4) is 0 Å². The number of carbonyl (C=O) groups excluding carboxylic acids is 2. The van der Waals surface area contributed by atoms with Crippen LogP contribution in [-0.2, 0) is 14.3 Å². The van der Waals surface area contributed by atoms with Crippen molar-refractivity contribution in [3.63, 3.8) is 0 Å². The number of nitrogens with one attached hydrogen (secondary N) is 1. The minimum absolute atomic E-state index is 0.125. The molecule has 0 saturated heterocycles. The molecule has 0 aliphatic rings. The minimum Gasteiger partial charge on any atom is -0.464 e. The number of hydrogen-bond acceptors (Lipinski definition) is 4. The molecule has 5 heteroatoms. The molecular weight excluding hydrogens is 172 g/mol. The molecule has 74 valence electrons. The maximum Gasteiger partial charge on any atom is 0.356 e. The lowest BCUT2D eigenvalue weighted by Crippen LogP contribution is -2.27. The summed E-state index contributed by atoms with van der Waals surface area (Å²) < 4.78 is 4.47. The molecule has 0 aliphatic carbocycles. The van der Waals surface area contributed by atoms with Gasteiger partial charge < -0.3 is 15.0 Å². The predicted molar refractivity (Wildman–Crippen MR) is 47.6 cm³/mol. The van der Waals surface area contributed by atoms with Crippen LogP contribution in [-0.4, -0.2) is 38.0 Å². The molecule has 0 spiro atoms. The molecule has 0 heterocycles. The molecule has 0 aliphatic heterocycles. The first-order valence-electron chi connectivity index (χ1n) is 3.71. The Hall–Kier alpha value is -1.52. The minimum atomic E-state index is -0.566. The molecule has 0 unspecified atom stereocenters. The van der Waals surface area contributed by atoms with E-state index in [4.69, 9.17) is 0 Å². The summed E-state index contributed by atoms with van der Waals surface area (Å²) in [6, 6.07) is 0. The lowest BCUT2D eigenvalue weighted by molar-refractivity contribution is -0.137. The van der Waals surface area contributed by atoms with Gasteiger partial charge in [0.15, 0.2) is 0 Å². The number of esters is 1. The van der Waals surface area contributed by atoms with E-state index in [9.17, 15) is 9.59 Å². The number of ether oxygens (including phenoxy) is 1. The molecule has 0 aromatic heterocycles. The molecule has 0 atom stereocenters. The summed E-state index contributed by atoms with van der Waals surface area (Å²) in [4.78, 5) is 23.4. The fourth-order valence-corrected chi connectivity index (χ4v) is 0.694. The monoisotopic (exact) mass is 186 g/mol. The van der Waals surface area contributed by atoms with Gasteiger partial charge in [0.05, 0.1) is 7.11 Å². The Morgan fingerprint density at radius 1 is 1.38 bits per heavy atom. The van der Waals surface area contributed by atoms with Gasteiger partial charge in [0.25, 0.3) is 0 Å². The average Bonchev–Trinajstić information content (AvgIpc) is 2.00. The summed E-state index contributed by atoms with van der Waals surface area (Å²) in [5.74, 6) is -0.873. The van der Waals surface area contributed by atoms with E-state index in [2.05, 4.69) is 10.1 Å². The van der Waals surface area contributed by atoms with Gasteiger partial charge in [-0.05, 0) is 0 Å². The zero-order valence-electron chi connectivity index (χ0n) is 8.25. The first-order chi connectivity index (χ1) is 5.97. The number of amides is 1. The van der Waals surface area contributed by atoms with Crippen LogP contribution in [0.25, 0.3) is 0 Å². The van der Waals surface area contributed by atoms with Crippen molar-refractivity contribution in [2.75, 3.05) is 21.2 Å². The molecule has 5 nitrogen and oxygen atoms in total.